The summed E-state index contributed by atoms with van der Waals surface area (Å²) in [7, 11) is 0. The quantitative estimate of drug-likeness (QED) is 0.775. The van der Waals surface area contributed by atoms with Crippen LogP contribution in [0.1, 0.15) is 5.56 Å². The first kappa shape index (κ1) is 13.3. The van der Waals surface area contributed by atoms with Gasteiger partial charge in [-0.1, -0.05) is 42.5 Å². The molecule has 3 rings (SSSR count). The van der Waals surface area contributed by atoms with Crippen molar-refractivity contribution < 1.29 is 4.79 Å². The highest BCUT2D eigenvalue weighted by atomic mass is 16.1. The number of carbonyl (C=O) groups is 1. The predicted octanol–water partition coefficient (Wildman–Crippen LogP) is 1.79. The molecule has 0 fully saturated rings. The van der Waals surface area contributed by atoms with Gasteiger partial charge in [-0.3, -0.25) is 4.79 Å². The molecular weight excluding hydrogens is 264 g/mol. The Balaban J connectivity index is 1.61. The van der Waals surface area contributed by atoms with Crippen LogP contribution in [0.4, 0.5) is 0 Å². The van der Waals surface area contributed by atoms with Crippen molar-refractivity contribution in [2.75, 3.05) is 6.54 Å². The van der Waals surface area contributed by atoms with Crippen LogP contribution < -0.4 is 5.32 Å². The number of nitrogens with zero attached hydrogens (tertiary/aromatic N) is 3. The van der Waals surface area contributed by atoms with E-state index >= 15 is 0 Å². The van der Waals surface area contributed by atoms with Gasteiger partial charge in [0.2, 0.25) is 5.91 Å². The molecule has 0 aliphatic rings. The number of amides is 1. The van der Waals surface area contributed by atoms with E-state index in [0.717, 1.165) is 16.3 Å². The summed E-state index contributed by atoms with van der Waals surface area (Å²) in [6.45, 7) is 1.10. The first-order valence-electron chi connectivity index (χ1n) is 6.90. The molecule has 0 aliphatic heterocycles. The van der Waals surface area contributed by atoms with Crippen molar-refractivity contribution in [3.05, 3.63) is 60.4 Å². The van der Waals surface area contributed by atoms with E-state index in [4.69, 9.17) is 0 Å². The zero-order chi connectivity index (χ0) is 14.5. The molecule has 0 atom stereocenters. The molecule has 2 aromatic carbocycles. The largest absolute Gasteiger partial charge is 0.354 e. The fourth-order valence-electron chi connectivity index (χ4n) is 2.34. The van der Waals surface area contributed by atoms with E-state index in [2.05, 4.69) is 27.6 Å². The van der Waals surface area contributed by atoms with Gasteiger partial charge in [0.25, 0.3) is 0 Å². The highest BCUT2D eigenvalue weighted by Gasteiger charge is 2.06. The molecule has 1 heterocycles. The number of hydrogen-bond donors (Lipinski definition) is 1. The third kappa shape index (κ3) is 3.25. The molecular formula is C16H16N4O. The van der Waals surface area contributed by atoms with Crippen LogP contribution in [0.2, 0.25) is 0 Å². The van der Waals surface area contributed by atoms with Crippen molar-refractivity contribution in [1.82, 2.24) is 20.3 Å². The maximum atomic E-state index is 12.0. The van der Waals surface area contributed by atoms with E-state index in [9.17, 15) is 4.79 Å². The van der Waals surface area contributed by atoms with Gasteiger partial charge in [-0.05, 0) is 16.3 Å². The molecule has 0 aliphatic carbocycles. The van der Waals surface area contributed by atoms with Crippen LogP contribution in [-0.4, -0.2) is 27.4 Å². The summed E-state index contributed by atoms with van der Waals surface area (Å²) in [5.41, 5.74) is 1.04. The van der Waals surface area contributed by atoms with Gasteiger partial charge < -0.3 is 5.32 Å². The van der Waals surface area contributed by atoms with Crippen molar-refractivity contribution in [2.24, 2.45) is 0 Å². The van der Waals surface area contributed by atoms with Crippen LogP contribution in [0.5, 0.6) is 0 Å². The minimum atomic E-state index is 0.0125. The number of rotatable bonds is 5. The normalized spacial score (nSPS) is 10.7. The molecule has 0 bridgehead atoms. The lowest BCUT2D eigenvalue weighted by Gasteiger charge is -2.07. The minimum absolute atomic E-state index is 0.0125. The van der Waals surface area contributed by atoms with Crippen molar-refractivity contribution in [2.45, 2.75) is 13.0 Å². The van der Waals surface area contributed by atoms with Gasteiger partial charge in [-0.25, -0.2) is 0 Å². The average molecular weight is 280 g/mol. The Morgan fingerprint density at radius 2 is 1.81 bits per heavy atom. The highest BCUT2D eigenvalue weighted by Crippen LogP contribution is 2.18. The highest BCUT2D eigenvalue weighted by molar-refractivity contribution is 5.90. The molecule has 5 heteroatoms. The van der Waals surface area contributed by atoms with E-state index in [0.29, 0.717) is 19.5 Å². The number of hydrogen-bond acceptors (Lipinski definition) is 3. The van der Waals surface area contributed by atoms with Gasteiger partial charge in [0, 0.05) is 6.54 Å². The number of fused-ring (bicyclic) bond motifs is 1. The molecule has 3 aromatic rings. The molecule has 0 saturated carbocycles. The third-order valence-electron chi connectivity index (χ3n) is 3.33. The molecule has 0 unspecified atom stereocenters. The van der Waals surface area contributed by atoms with Gasteiger partial charge >= 0.3 is 0 Å². The SMILES string of the molecule is O=C(Cc1cccc2ccccc12)NCCn1nccn1. The second kappa shape index (κ2) is 6.17. The Morgan fingerprint density at radius 1 is 1.05 bits per heavy atom. The zero-order valence-electron chi connectivity index (χ0n) is 11.6. The molecule has 1 amide bonds. The van der Waals surface area contributed by atoms with Crippen LogP contribution in [0.3, 0.4) is 0 Å². The van der Waals surface area contributed by atoms with Gasteiger partial charge in [0.15, 0.2) is 0 Å². The molecule has 1 aromatic heterocycles. The lowest BCUT2D eigenvalue weighted by atomic mass is 10.0. The topological polar surface area (TPSA) is 59.8 Å². The molecule has 5 nitrogen and oxygen atoms in total. The fourth-order valence-corrected chi connectivity index (χ4v) is 2.34. The number of benzene rings is 2. The summed E-state index contributed by atoms with van der Waals surface area (Å²) in [5, 5.41) is 13.2. The van der Waals surface area contributed by atoms with Crippen LogP contribution in [0.25, 0.3) is 10.8 Å². The smallest absolute Gasteiger partial charge is 0.224 e. The van der Waals surface area contributed by atoms with Crippen molar-refractivity contribution in [3.8, 4) is 0 Å². The second-order valence-corrected chi connectivity index (χ2v) is 4.79. The van der Waals surface area contributed by atoms with E-state index in [-0.39, 0.29) is 5.91 Å². The molecule has 0 radical (unpaired) electrons. The Kier molecular flexibility index (Phi) is 3.91. The third-order valence-corrected chi connectivity index (χ3v) is 3.33. The molecule has 0 spiro atoms. The van der Waals surface area contributed by atoms with Crippen LogP contribution in [0, 0.1) is 0 Å². The van der Waals surface area contributed by atoms with Crippen LogP contribution >= 0.6 is 0 Å². The van der Waals surface area contributed by atoms with Gasteiger partial charge in [0.05, 0.1) is 25.4 Å². The maximum Gasteiger partial charge on any atom is 0.224 e. The monoisotopic (exact) mass is 280 g/mol. The van der Waals surface area contributed by atoms with E-state index in [1.54, 1.807) is 17.2 Å². The summed E-state index contributed by atoms with van der Waals surface area (Å²) in [6, 6.07) is 14.1. The molecule has 0 saturated heterocycles. The minimum Gasteiger partial charge on any atom is -0.354 e. The van der Waals surface area contributed by atoms with Gasteiger partial charge in [0.1, 0.15) is 0 Å². The summed E-state index contributed by atoms with van der Waals surface area (Å²) in [6.07, 6.45) is 3.63. The number of carbonyl (C=O) groups excluding carboxylic acids is 1. The fraction of sp³-hybridized carbons (Fsp3) is 0.188. The second-order valence-electron chi connectivity index (χ2n) is 4.79. The standard InChI is InChI=1S/C16H16N4O/c21-16(17-10-11-20-18-8-9-19-20)12-14-6-3-5-13-4-1-2-7-15(13)14/h1-9H,10-12H2,(H,17,21). The Morgan fingerprint density at radius 3 is 2.67 bits per heavy atom. The van der Waals surface area contributed by atoms with Gasteiger partial charge in [-0.2, -0.15) is 15.0 Å². The first-order valence-corrected chi connectivity index (χ1v) is 6.90. The van der Waals surface area contributed by atoms with E-state index in [1.807, 2.05) is 30.3 Å². The van der Waals surface area contributed by atoms with Crippen LogP contribution in [-0.2, 0) is 17.8 Å². The Hall–Kier alpha value is -2.69. The van der Waals surface area contributed by atoms with Gasteiger partial charge in [-0.15, -0.1) is 0 Å². The van der Waals surface area contributed by atoms with Crippen LogP contribution in [0.15, 0.2) is 54.9 Å². The summed E-state index contributed by atoms with van der Waals surface area (Å²) in [4.78, 5) is 13.6. The van der Waals surface area contributed by atoms with Crippen molar-refractivity contribution in [3.63, 3.8) is 0 Å². The first-order chi connectivity index (χ1) is 10.3. The Labute approximate surface area is 122 Å². The van der Waals surface area contributed by atoms with Crippen molar-refractivity contribution in [1.29, 1.82) is 0 Å². The van der Waals surface area contributed by atoms with Crippen molar-refractivity contribution >= 4 is 16.7 Å². The molecule has 1 N–H and O–H groups in total. The average Bonchev–Trinajstić information content (AvgIpc) is 3.01. The number of aromatic nitrogens is 3. The predicted molar refractivity (Wildman–Crippen MR) is 80.7 cm³/mol. The zero-order valence-corrected chi connectivity index (χ0v) is 11.6. The maximum absolute atomic E-state index is 12.0. The Bertz CT molecular complexity index is 732. The lowest BCUT2D eigenvalue weighted by molar-refractivity contribution is -0.120. The summed E-state index contributed by atoms with van der Waals surface area (Å²) in [5.74, 6) is 0.0125. The summed E-state index contributed by atoms with van der Waals surface area (Å²) >= 11 is 0. The summed E-state index contributed by atoms with van der Waals surface area (Å²) < 4.78 is 0. The lowest BCUT2D eigenvalue weighted by Crippen LogP contribution is -2.29. The molecule has 106 valence electrons. The molecule has 21 heavy (non-hydrogen) atoms. The van der Waals surface area contributed by atoms with E-state index in [1.165, 1.54) is 0 Å². The van der Waals surface area contributed by atoms with E-state index < -0.39 is 0 Å². The number of nitrogens with one attached hydrogen (secondary N) is 1.